The second kappa shape index (κ2) is 6.38. The van der Waals surface area contributed by atoms with Gasteiger partial charge in [0.2, 0.25) is 0 Å². The predicted molar refractivity (Wildman–Crippen MR) is 71.7 cm³/mol. The van der Waals surface area contributed by atoms with Gasteiger partial charge in [-0.25, -0.2) is 0 Å². The van der Waals surface area contributed by atoms with Crippen LogP contribution in [0.3, 0.4) is 0 Å². The van der Waals surface area contributed by atoms with Gasteiger partial charge in [0.05, 0.1) is 0 Å². The Morgan fingerprint density at radius 3 is 2.50 bits per heavy atom. The SMILES string of the molecule is Brc1ccc(CCNCCNC2CC2)cc1. The Balaban J connectivity index is 1.51. The van der Waals surface area contributed by atoms with Crippen molar-refractivity contribution in [3.8, 4) is 0 Å². The molecule has 16 heavy (non-hydrogen) atoms. The topological polar surface area (TPSA) is 24.1 Å². The number of nitrogens with one attached hydrogen (secondary N) is 2. The minimum atomic E-state index is 0.827. The van der Waals surface area contributed by atoms with Gasteiger partial charge in [0, 0.05) is 23.6 Å². The van der Waals surface area contributed by atoms with E-state index < -0.39 is 0 Å². The van der Waals surface area contributed by atoms with Crippen LogP contribution in [0.15, 0.2) is 28.7 Å². The number of benzene rings is 1. The first kappa shape index (κ1) is 12.1. The first-order valence-corrected chi connectivity index (χ1v) is 6.82. The van der Waals surface area contributed by atoms with Gasteiger partial charge in [-0.1, -0.05) is 28.1 Å². The molecule has 0 unspecified atom stereocenters. The molecule has 1 aliphatic carbocycles. The van der Waals surface area contributed by atoms with Crippen molar-refractivity contribution < 1.29 is 0 Å². The molecular formula is C13H19BrN2. The van der Waals surface area contributed by atoms with Crippen molar-refractivity contribution in [2.75, 3.05) is 19.6 Å². The van der Waals surface area contributed by atoms with Crippen LogP contribution in [-0.4, -0.2) is 25.7 Å². The number of hydrogen-bond donors (Lipinski definition) is 2. The van der Waals surface area contributed by atoms with E-state index in [4.69, 9.17) is 0 Å². The van der Waals surface area contributed by atoms with E-state index in [0.29, 0.717) is 0 Å². The molecule has 0 radical (unpaired) electrons. The molecule has 1 aromatic rings. The first-order chi connectivity index (χ1) is 7.84. The fourth-order valence-corrected chi connectivity index (χ4v) is 1.93. The summed E-state index contributed by atoms with van der Waals surface area (Å²) < 4.78 is 1.15. The van der Waals surface area contributed by atoms with Gasteiger partial charge >= 0.3 is 0 Å². The van der Waals surface area contributed by atoms with Crippen molar-refractivity contribution in [3.63, 3.8) is 0 Å². The zero-order valence-electron chi connectivity index (χ0n) is 9.51. The van der Waals surface area contributed by atoms with E-state index in [1.807, 2.05) is 0 Å². The maximum Gasteiger partial charge on any atom is 0.0175 e. The predicted octanol–water partition coefficient (Wildman–Crippen LogP) is 2.33. The molecule has 0 heterocycles. The third kappa shape index (κ3) is 4.64. The Kier molecular flexibility index (Phi) is 4.82. The smallest absolute Gasteiger partial charge is 0.0175 e. The van der Waals surface area contributed by atoms with Crippen LogP contribution in [0.5, 0.6) is 0 Å². The molecule has 3 heteroatoms. The lowest BCUT2D eigenvalue weighted by Gasteiger charge is -2.05. The number of halogens is 1. The summed E-state index contributed by atoms with van der Waals surface area (Å²) >= 11 is 3.44. The Morgan fingerprint density at radius 2 is 1.81 bits per heavy atom. The maximum atomic E-state index is 3.49. The molecule has 88 valence electrons. The van der Waals surface area contributed by atoms with E-state index in [0.717, 1.165) is 36.6 Å². The number of hydrogen-bond acceptors (Lipinski definition) is 2. The lowest BCUT2D eigenvalue weighted by atomic mass is 10.1. The van der Waals surface area contributed by atoms with E-state index in [1.54, 1.807) is 0 Å². The quantitative estimate of drug-likeness (QED) is 0.751. The molecule has 0 amide bonds. The van der Waals surface area contributed by atoms with Gasteiger partial charge in [-0.05, 0) is 43.5 Å². The molecule has 0 aliphatic heterocycles. The molecule has 0 aromatic heterocycles. The molecule has 0 saturated heterocycles. The Morgan fingerprint density at radius 1 is 1.06 bits per heavy atom. The van der Waals surface area contributed by atoms with E-state index in [9.17, 15) is 0 Å². The van der Waals surface area contributed by atoms with Crippen LogP contribution < -0.4 is 10.6 Å². The fourth-order valence-electron chi connectivity index (χ4n) is 1.66. The second-order valence-corrected chi connectivity index (χ2v) is 5.27. The molecule has 2 rings (SSSR count). The van der Waals surface area contributed by atoms with Crippen LogP contribution in [0.25, 0.3) is 0 Å². The highest BCUT2D eigenvalue weighted by molar-refractivity contribution is 9.10. The molecule has 0 spiro atoms. The van der Waals surface area contributed by atoms with Crippen molar-refractivity contribution in [2.45, 2.75) is 25.3 Å². The van der Waals surface area contributed by atoms with E-state index in [1.165, 1.54) is 18.4 Å². The first-order valence-electron chi connectivity index (χ1n) is 6.03. The minimum Gasteiger partial charge on any atom is -0.315 e. The highest BCUT2D eigenvalue weighted by Crippen LogP contribution is 2.17. The summed E-state index contributed by atoms with van der Waals surface area (Å²) in [5.74, 6) is 0. The average Bonchev–Trinajstić information content (AvgIpc) is 3.10. The van der Waals surface area contributed by atoms with Crippen LogP contribution >= 0.6 is 15.9 Å². The summed E-state index contributed by atoms with van der Waals surface area (Å²) in [7, 11) is 0. The largest absolute Gasteiger partial charge is 0.315 e. The maximum absolute atomic E-state index is 3.49. The van der Waals surface area contributed by atoms with Crippen molar-refractivity contribution >= 4 is 15.9 Å². The standard InChI is InChI=1S/C13H19BrN2/c14-12-3-1-11(2-4-12)7-8-15-9-10-16-13-5-6-13/h1-4,13,15-16H,5-10H2. The van der Waals surface area contributed by atoms with E-state index in [2.05, 4.69) is 50.8 Å². The van der Waals surface area contributed by atoms with Crippen LogP contribution in [0.2, 0.25) is 0 Å². The van der Waals surface area contributed by atoms with Crippen molar-refractivity contribution in [1.82, 2.24) is 10.6 Å². The molecule has 2 nitrogen and oxygen atoms in total. The zero-order chi connectivity index (χ0) is 11.2. The van der Waals surface area contributed by atoms with E-state index in [-0.39, 0.29) is 0 Å². The molecule has 1 aromatic carbocycles. The molecule has 0 bridgehead atoms. The summed E-state index contributed by atoms with van der Waals surface area (Å²) in [6, 6.07) is 9.38. The summed E-state index contributed by atoms with van der Waals surface area (Å²) in [6.07, 6.45) is 3.86. The third-order valence-corrected chi connectivity index (χ3v) is 3.34. The summed E-state index contributed by atoms with van der Waals surface area (Å²) in [6.45, 7) is 3.24. The molecule has 2 N–H and O–H groups in total. The Hall–Kier alpha value is -0.380. The zero-order valence-corrected chi connectivity index (χ0v) is 11.1. The Labute approximate surface area is 106 Å². The molecule has 1 fully saturated rings. The van der Waals surface area contributed by atoms with Gasteiger partial charge in [0.1, 0.15) is 0 Å². The van der Waals surface area contributed by atoms with Crippen LogP contribution in [0.4, 0.5) is 0 Å². The van der Waals surface area contributed by atoms with Gasteiger partial charge in [0.15, 0.2) is 0 Å². The van der Waals surface area contributed by atoms with Gasteiger partial charge in [0.25, 0.3) is 0 Å². The van der Waals surface area contributed by atoms with Gasteiger partial charge in [-0.15, -0.1) is 0 Å². The van der Waals surface area contributed by atoms with Crippen molar-refractivity contribution in [2.24, 2.45) is 0 Å². The average molecular weight is 283 g/mol. The van der Waals surface area contributed by atoms with Gasteiger partial charge in [-0.2, -0.15) is 0 Å². The van der Waals surface area contributed by atoms with Crippen LogP contribution in [-0.2, 0) is 6.42 Å². The lowest BCUT2D eigenvalue weighted by molar-refractivity contribution is 0.609. The second-order valence-electron chi connectivity index (χ2n) is 4.35. The summed E-state index contributed by atoms with van der Waals surface area (Å²) in [4.78, 5) is 0. The van der Waals surface area contributed by atoms with E-state index >= 15 is 0 Å². The minimum absolute atomic E-state index is 0.827. The van der Waals surface area contributed by atoms with Crippen LogP contribution in [0.1, 0.15) is 18.4 Å². The van der Waals surface area contributed by atoms with Crippen molar-refractivity contribution in [1.29, 1.82) is 0 Å². The summed E-state index contributed by atoms with van der Waals surface area (Å²) in [5.41, 5.74) is 1.39. The normalized spacial score (nSPS) is 15.3. The third-order valence-electron chi connectivity index (χ3n) is 2.82. The lowest BCUT2D eigenvalue weighted by Crippen LogP contribution is -2.29. The molecule has 1 saturated carbocycles. The highest BCUT2D eigenvalue weighted by atomic mass is 79.9. The monoisotopic (exact) mass is 282 g/mol. The molecule has 0 atom stereocenters. The fraction of sp³-hybridized carbons (Fsp3) is 0.538. The van der Waals surface area contributed by atoms with Crippen molar-refractivity contribution in [3.05, 3.63) is 34.3 Å². The Bertz CT molecular complexity index is 306. The van der Waals surface area contributed by atoms with Crippen LogP contribution in [0, 0.1) is 0 Å². The molecular weight excluding hydrogens is 264 g/mol. The number of rotatable bonds is 7. The highest BCUT2D eigenvalue weighted by Gasteiger charge is 2.19. The van der Waals surface area contributed by atoms with Gasteiger partial charge < -0.3 is 10.6 Å². The van der Waals surface area contributed by atoms with Gasteiger partial charge in [-0.3, -0.25) is 0 Å². The summed E-state index contributed by atoms with van der Waals surface area (Å²) in [5, 5.41) is 6.95. The molecule has 1 aliphatic rings.